The Balaban J connectivity index is 1.55. The standard InChI is InChI=1S/C38H61N3O3/c1-8-38(6,7)31-15-9-28(10-16-31)36(43)40-32-22-29(35(39)42)21-30(23-32)37(44)41(33-17-11-26(12-18-33)24(2)3)34-19-13-27(14-20-34)25(4)5/h21-28,31,33-34H,8-20H2,1-7H3,(H2,39,42)(H,40,43). The van der Waals surface area contributed by atoms with Gasteiger partial charge in [-0.15, -0.1) is 0 Å². The highest BCUT2D eigenvalue weighted by molar-refractivity contribution is 6.02. The van der Waals surface area contributed by atoms with Crippen molar-refractivity contribution in [2.75, 3.05) is 5.32 Å². The van der Waals surface area contributed by atoms with E-state index in [2.05, 4.69) is 58.7 Å². The van der Waals surface area contributed by atoms with Gasteiger partial charge in [-0.2, -0.15) is 0 Å². The van der Waals surface area contributed by atoms with Crippen molar-refractivity contribution in [3.8, 4) is 0 Å². The Morgan fingerprint density at radius 3 is 1.68 bits per heavy atom. The van der Waals surface area contributed by atoms with Crippen LogP contribution in [0.15, 0.2) is 18.2 Å². The SMILES string of the molecule is CCC(C)(C)C1CCC(C(=O)Nc2cc(C(N)=O)cc(C(=O)N(C3CCC(C(C)C)CC3)C3CCC(C(C)C)CC3)c2)CC1. The van der Waals surface area contributed by atoms with E-state index in [9.17, 15) is 14.4 Å². The molecular formula is C38H61N3O3. The number of hydrogen-bond acceptors (Lipinski definition) is 3. The average Bonchev–Trinajstić information content (AvgIpc) is 3.01. The molecule has 0 atom stereocenters. The summed E-state index contributed by atoms with van der Waals surface area (Å²) < 4.78 is 0. The zero-order valence-electron chi connectivity index (χ0n) is 28.8. The van der Waals surface area contributed by atoms with Crippen molar-refractivity contribution in [3.63, 3.8) is 0 Å². The Kier molecular flexibility index (Phi) is 11.6. The minimum Gasteiger partial charge on any atom is -0.366 e. The van der Waals surface area contributed by atoms with Crippen LogP contribution >= 0.6 is 0 Å². The molecule has 3 aliphatic rings. The third-order valence-electron chi connectivity index (χ3n) is 12.2. The zero-order chi connectivity index (χ0) is 32.2. The van der Waals surface area contributed by atoms with Crippen LogP contribution in [0.3, 0.4) is 0 Å². The van der Waals surface area contributed by atoms with Crippen molar-refractivity contribution in [3.05, 3.63) is 29.3 Å². The number of nitrogens with two attached hydrogens (primary N) is 1. The molecule has 0 heterocycles. The number of carbonyl (C=O) groups excluding carboxylic acids is 3. The highest BCUT2D eigenvalue weighted by Crippen LogP contribution is 2.43. The Morgan fingerprint density at radius 2 is 1.25 bits per heavy atom. The molecule has 0 saturated heterocycles. The Morgan fingerprint density at radius 1 is 0.773 bits per heavy atom. The van der Waals surface area contributed by atoms with Crippen LogP contribution in [0.1, 0.15) is 153 Å². The van der Waals surface area contributed by atoms with Gasteiger partial charge in [0.1, 0.15) is 0 Å². The summed E-state index contributed by atoms with van der Waals surface area (Å²) >= 11 is 0. The van der Waals surface area contributed by atoms with E-state index in [0.717, 1.165) is 83.5 Å². The van der Waals surface area contributed by atoms with E-state index in [-0.39, 0.29) is 35.4 Å². The Hall–Kier alpha value is -2.37. The molecule has 0 unspecified atom stereocenters. The minimum absolute atomic E-state index is 0.0198. The summed E-state index contributed by atoms with van der Waals surface area (Å²) in [7, 11) is 0. The maximum atomic E-state index is 14.5. The van der Waals surface area contributed by atoms with E-state index < -0.39 is 5.91 Å². The van der Waals surface area contributed by atoms with E-state index in [1.54, 1.807) is 18.2 Å². The molecule has 3 aliphatic carbocycles. The van der Waals surface area contributed by atoms with Crippen LogP contribution < -0.4 is 11.1 Å². The molecule has 4 rings (SSSR count). The lowest BCUT2D eigenvalue weighted by Gasteiger charge is -2.45. The lowest BCUT2D eigenvalue weighted by atomic mass is 9.67. The summed E-state index contributed by atoms with van der Waals surface area (Å²) in [5.74, 6) is 2.70. The van der Waals surface area contributed by atoms with Crippen molar-refractivity contribution in [1.82, 2.24) is 4.90 Å². The van der Waals surface area contributed by atoms with Crippen molar-refractivity contribution in [2.45, 2.75) is 144 Å². The van der Waals surface area contributed by atoms with Gasteiger partial charge >= 0.3 is 0 Å². The molecule has 6 nitrogen and oxygen atoms in total. The average molecular weight is 608 g/mol. The first-order chi connectivity index (χ1) is 20.8. The second-order valence-electron chi connectivity index (χ2n) is 15.9. The molecule has 3 saturated carbocycles. The first-order valence-electron chi connectivity index (χ1n) is 17.9. The third-order valence-corrected chi connectivity index (χ3v) is 12.2. The van der Waals surface area contributed by atoms with Gasteiger partial charge < -0.3 is 16.0 Å². The lowest BCUT2D eigenvalue weighted by Crippen LogP contribution is -2.50. The lowest BCUT2D eigenvalue weighted by molar-refractivity contribution is -0.121. The van der Waals surface area contributed by atoms with Gasteiger partial charge in [0.25, 0.3) is 5.91 Å². The molecule has 1 aromatic rings. The summed E-state index contributed by atoms with van der Waals surface area (Å²) in [6.45, 7) is 16.2. The van der Waals surface area contributed by atoms with E-state index in [1.807, 2.05) is 0 Å². The van der Waals surface area contributed by atoms with Gasteiger partial charge in [0.2, 0.25) is 11.8 Å². The molecule has 0 bridgehead atoms. The van der Waals surface area contributed by atoms with Gasteiger partial charge in [-0.1, -0.05) is 54.9 Å². The van der Waals surface area contributed by atoms with Crippen LogP contribution in [0, 0.1) is 40.9 Å². The summed E-state index contributed by atoms with van der Waals surface area (Å²) in [6, 6.07) is 5.47. The molecule has 3 amide bonds. The van der Waals surface area contributed by atoms with Crippen molar-refractivity contribution >= 4 is 23.4 Å². The monoisotopic (exact) mass is 607 g/mol. The number of amides is 3. The third kappa shape index (κ3) is 8.26. The summed E-state index contributed by atoms with van der Waals surface area (Å²) in [5.41, 5.74) is 7.29. The molecule has 3 N–H and O–H groups in total. The number of carbonyl (C=O) groups is 3. The molecule has 3 fully saturated rings. The fraction of sp³-hybridized carbons (Fsp3) is 0.763. The minimum atomic E-state index is -0.584. The number of anilines is 1. The van der Waals surface area contributed by atoms with Gasteiger partial charge in [-0.3, -0.25) is 14.4 Å². The van der Waals surface area contributed by atoms with Gasteiger partial charge in [-0.05, 0) is 130 Å². The van der Waals surface area contributed by atoms with E-state index in [4.69, 9.17) is 5.73 Å². The number of rotatable bonds is 10. The van der Waals surface area contributed by atoms with E-state index >= 15 is 0 Å². The molecule has 246 valence electrons. The van der Waals surface area contributed by atoms with E-state index in [0.29, 0.717) is 46.3 Å². The van der Waals surface area contributed by atoms with Gasteiger partial charge in [0.05, 0.1) is 0 Å². The molecule has 44 heavy (non-hydrogen) atoms. The Labute approximate surface area is 267 Å². The van der Waals surface area contributed by atoms with Gasteiger partial charge in [0, 0.05) is 34.8 Å². The molecule has 6 heteroatoms. The zero-order valence-corrected chi connectivity index (χ0v) is 28.8. The number of primary amides is 1. The highest BCUT2D eigenvalue weighted by Gasteiger charge is 2.38. The fourth-order valence-corrected chi connectivity index (χ4v) is 8.51. The van der Waals surface area contributed by atoms with Crippen molar-refractivity contribution in [2.24, 2.45) is 46.7 Å². The molecule has 0 radical (unpaired) electrons. The number of nitrogens with one attached hydrogen (secondary N) is 1. The number of benzene rings is 1. The van der Waals surface area contributed by atoms with Crippen molar-refractivity contribution < 1.29 is 14.4 Å². The predicted octanol–water partition coefficient (Wildman–Crippen LogP) is 8.84. The van der Waals surface area contributed by atoms with Crippen LogP contribution in [0.25, 0.3) is 0 Å². The fourth-order valence-electron chi connectivity index (χ4n) is 8.51. The quantitative estimate of drug-likeness (QED) is 0.278. The first-order valence-corrected chi connectivity index (χ1v) is 17.9. The van der Waals surface area contributed by atoms with Crippen LogP contribution in [0.5, 0.6) is 0 Å². The van der Waals surface area contributed by atoms with Gasteiger partial charge in [0.15, 0.2) is 0 Å². The maximum Gasteiger partial charge on any atom is 0.254 e. The van der Waals surface area contributed by atoms with Crippen molar-refractivity contribution in [1.29, 1.82) is 0 Å². The normalized spacial score (nSPS) is 28.1. The molecule has 0 aromatic heterocycles. The van der Waals surface area contributed by atoms with Crippen LogP contribution in [0.2, 0.25) is 0 Å². The number of nitrogens with zero attached hydrogens (tertiary/aromatic N) is 1. The topological polar surface area (TPSA) is 92.5 Å². The van der Waals surface area contributed by atoms with Crippen LogP contribution in [-0.2, 0) is 4.79 Å². The Bertz CT molecular complexity index is 1110. The smallest absolute Gasteiger partial charge is 0.254 e. The molecule has 0 spiro atoms. The summed E-state index contributed by atoms with van der Waals surface area (Å²) in [6.07, 6.45) is 13.7. The highest BCUT2D eigenvalue weighted by atomic mass is 16.2. The second kappa shape index (κ2) is 14.8. The predicted molar refractivity (Wildman–Crippen MR) is 180 cm³/mol. The first kappa shape index (κ1) is 34.5. The van der Waals surface area contributed by atoms with Gasteiger partial charge in [-0.25, -0.2) is 0 Å². The number of hydrogen-bond donors (Lipinski definition) is 2. The summed E-state index contributed by atoms with van der Waals surface area (Å²) in [5, 5.41) is 3.09. The maximum absolute atomic E-state index is 14.5. The largest absolute Gasteiger partial charge is 0.366 e. The molecule has 0 aliphatic heterocycles. The molecular weight excluding hydrogens is 546 g/mol. The summed E-state index contributed by atoms with van der Waals surface area (Å²) in [4.78, 5) is 42.6. The molecule has 1 aromatic carbocycles. The van der Waals surface area contributed by atoms with E-state index in [1.165, 1.54) is 0 Å². The van der Waals surface area contributed by atoms with Crippen LogP contribution in [-0.4, -0.2) is 34.7 Å². The second-order valence-corrected chi connectivity index (χ2v) is 15.9. The van der Waals surface area contributed by atoms with Crippen LogP contribution in [0.4, 0.5) is 5.69 Å².